The Kier molecular flexibility index (Phi) is 5.69. The zero-order valence-electron chi connectivity index (χ0n) is 15.8. The van der Waals surface area contributed by atoms with Crippen molar-refractivity contribution in [2.45, 2.75) is 33.1 Å². The van der Waals surface area contributed by atoms with Gasteiger partial charge in [-0.05, 0) is 43.2 Å². The molecule has 0 amide bonds. The highest BCUT2D eigenvalue weighted by Gasteiger charge is 2.25. The maximum atomic E-state index is 13.7. The molecule has 2 aromatic heterocycles. The molecule has 0 saturated carbocycles. The average Bonchev–Trinajstić information content (AvgIpc) is 3.01. The number of aryl methyl sites for hydroxylation is 1. The van der Waals surface area contributed by atoms with Crippen molar-refractivity contribution in [3.05, 3.63) is 69.1 Å². The minimum absolute atomic E-state index is 0.0267. The first-order chi connectivity index (χ1) is 13.1. The van der Waals surface area contributed by atoms with Crippen LogP contribution in [0.1, 0.15) is 41.9 Å². The molecule has 0 atom stereocenters. The van der Waals surface area contributed by atoms with Crippen molar-refractivity contribution in [2.75, 3.05) is 6.61 Å². The Morgan fingerprint density at radius 1 is 1.29 bits per heavy atom. The molecule has 2 heterocycles. The number of nitrogens with one attached hydrogen (secondary N) is 1. The minimum Gasteiger partial charge on any atom is -0.492 e. The van der Waals surface area contributed by atoms with Gasteiger partial charge in [-0.25, -0.2) is 13.8 Å². The van der Waals surface area contributed by atoms with Crippen LogP contribution in [0.15, 0.2) is 31.0 Å². The van der Waals surface area contributed by atoms with Crippen molar-refractivity contribution in [2.24, 2.45) is 0 Å². The number of halogens is 4. The Bertz CT molecular complexity index is 1050. The van der Waals surface area contributed by atoms with Gasteiger partial charge in [-0.15, -0.1) is 0 Å². The van der Waals surface area contributed by atoms with E-state index in [1.165, 1.54) is 18.3 Å². The summed E-state index contributed by atoms with van der Waals surface area (Å²) in [6.45, 7) is 8.83. The molecule has 0 aliphatic carbocycles. The maximum Gasteiger partial charge on any atom is 0.270 e. The van der Waals surface area contributed by atoms with E-state index in [4.69, 9.17) is 27.9 Å². The Hall–Kier alpha value is -2.11. The molecule has 1 aromatic carbocycles. The molecule has 0 bridgehead atoms. The molecule has 3 rings (SSSR count). The predicted molar refractivity (Wildman–Crippen MR) is 110 cm³/mol. The van der Waals surface area contributed by atoms with Gasteiger partial charge in [0.1, 0.15) is 11.5 Å². The van der Waals surface area contributed by atoms with Crippen LogP contribution in [0.2, 0.25) is 10.0 Å². The third-order valence-electron chi connectivity index (χ3n) is 4.53. The number of nitrogens with zero attached hydrogens (tertiary/aromatic N) is 1. The van der Waals surface area contributed by atoms with Gasteiger partial charge >= 0.3 is 0 Å². The molecule has 0 spiro atoms. The second-order valence-electron chi connectivity index (χ2n) is 6.72. The van der Waals surface area contributed by atoms with Crippen LogP contribution in [-0.4, -0.2) is 16.6 Å². The zero-order valence-corrected chi connectivity index (χ0v) is 17.3. The third-order valence-corrected chi connectivity index (χ3v) is 5.26. The fourth-order valence-electron chi connectivity index (χ4n) is 3.12. The number of H-pyrrole nitrogens is 1. The van der Waals surface area contributed by atoms with Gasteiger partial charge in [0, 0.05) is 41.7 Å². The summed E-state index contributed by atoms with van der Waals surface area (Å²) in [4.78, 5) is 7.41. The van der Waals surface area contributed by atoms with Crippen LogP contribution in [0, 0.1) is 6.92 Å². The van der Waals surface area contributed by atoms with Crippen molar-refractivity contribution < 1.29 is 13.5 Å². The fourth-order valence-corrected chi connectivity index (χ4v) is 3.70. The molecule has 3 aromatic rings. The summed E-state index contributed by atoms with van der Waals surface area (Å²) in [6.07, 6.45) is 1.89. The lowest BCUT2D eigenvalue weighted by Crippen LogP contribution is -2.07. The molecule has 148 valence electrons. The number of hydrogen-bond donors (Lipinski definition) is 1. The summed E-state index contributed by atoms with van der Waals surface area (Å²) in [7, 11) is 0. The summed E-state index contributed by atoms with van der Waals surface area (Å²) < 4.78 is 32.9. The Balaban J connectivity index is 2.02. The van der Waals surface area contributed by atoms with E-state index in [1.54, 1.807) is 0 Å². The van der Waals surface area contributed by atoms with Gasteiger partial charge < -0.3 is 9.72 Å². The number of aromatic nitrogens is 2. The quantitative estimate of drug-likeness (QED) is 0.437. The second kappa shape index (κ2) is 7.72. The van der Waals surface area contributed by atoms with Gasteiger partial charge in [-0.3, -0.25) is 0 Å². The minimum atomic E-state index is -2.91. The van der Waals surface area contributed by atoms with E-state index < -0.39 is 5.92 Å². The van der Waals surface area contributed by atoms with Gasteiger partial charge in [0.15, 0.2) is 0 Å². The smallest absolute Gasteiger partial charge is 0.270 e. The standard InChI is InChI=1S/C21H20Cl2F2N2O/c1-5-28-12(3)20-19(23)16(17(22)10-26-20)9-14-8-15-11(2)6-13(21(4,24)25)7-18(15)27-14/h6-8,10,27H,3,5,9H2,1-2,4H3. The monoisotopic (exact) mass is 424 g/mol. The summed E-state index contributed by atoms with van der Waals surface area (Å²) in [5.74, 6) is -2.54. The fraction of sp³-hybridized carbons (Fsp3) is 0.286. The predicted octanol–water partition coefficient (Wildman–Crippen LogP) is 6.89. The summed E-state index contributed by atoms with van der Waals surface area (Å²) in [6, 6.07) is 4.91. The van der Waals surface area contributed by atoms with E-state index in [2.05, 4.69) is 16.5 Å². The zero-order chi connectivity index (χ0) is 20.6. The number of alkyl halides is 2. The largest absolute Gasteiger partial charge is 0.492 e. The second-order valence-corrected chi connectivity index (χ2v) is 7.50. The van der Waals surface area contributed by atoms with Gasteiger partial charge in [0.25, 0.3) is 5.92 Å². The summed E-state index contributed by atoms with van der Waals surface area (Å²) >= 11 is 12.8. The van der Waals surface area contributed by atoms with Crippen LogP contribution in [0.5, 0.6) is 0 Å². The molecule has 7 heteroatoms. The number of aromatic amines is 1. The molecule has 0 radical (unpaired) electrons. The van der Waals surface area contributed by atoms with Crippen LogP contribution in [0.25, 0.3) is 16.7 Å². The van der Waals surface area contributed by atoms with Crippen LogP contribution in [-0.2, 0) is 17.1 Å². The van der Waals surface area contributed by atoms with Crippen molar-refractivity contribution in [1.29, 1.82) is 0 Å². The molecule has 0 saturated heterocycles. The molecular weight excluding hydrogens is 405 g/mol. The summed E-state index contributed by atoms with van der Waals surface area (Å²) in [5.41, 5.74) is 3.29. The van der Waals surface area contributed by atoms with E-state index in [0.717, 1.165) is 23.6 Å². The molecule has 1 N–H and O–H groups in total. The van der Waals surface area contributed by atoms with Crippen molar-refractivity contribution >= 4 is 39.9 Å². The van der Waals surface area contributed by atoms with Crippen molar-refractivity contribution in [3.63, 3.8) is 0 Å². The van der Waals surface area contributed by atoms with Gasteiger partial charge in [0.05, 0.1) is 16.7 Å². The van der Waals surface area contributed by atoms with E-state index in [9.17, 15) is 8.78 Å². The highest BCUT2D eigenvalue weighted by molar-refractivity contribution is 6.36. The van der Waals surface area contributed by atoms with E-state index >= 15 is 0 Å². The Morgan fingerprint density at radius 2 is 2.00 bits per heavy atom. The summed E-state index contributed by atoms with van der Waals surface area (Å²) in [5, 5.41) is 1.65. The Morgan fingerprint density at radius 3 is 2.64 bits per heavy atom. The van der Waals surface area contributed by atoms with Gasteiger partial charge in [0.2, 0.25) is 0 Å². The number of benzene rings is 1. The van der Waals surface area contributed by atoms with E-state index in [0.29, 0.717) is 45.6 Å². The molecular formula is C21H20Cl2F2N2O. The Labute approximate surface area is 172 Å². The first-order valence-corrected chi connectivity index (χ1v) is 9.52. The molecule has 0 fully saturated rings. The van der Waals surface area contributed by atoms with E-state index in [-0.39, 0.29) is 5.56 Å². The molecule has 0 unspecified atom stereocenters. The SMILES string of the molecule is C=C(OCC)c1ncc(Cl)c(Cc2cc3c(C)cc(C(C)(F)F)cc3[nH]2)c1Cl. The lowest BCUT2D eigenvalue weighted by molar-refractivity contribution is 0.0175. The first-order valence-electron chi connectivity index (χ1n) is 8.77. The first kappa shape index (κ1) is 20.6. The van der Waals surface area contributed by atoms with Gasteiger partial charge in [-0.1, -0.05) is 29.8 Å². The van der Waals surface area contributed by atoms with Gasteiger partial charge in [-0.2, -0.15) is 0 Å². The van der Waals surface area contributed by atoms with Crippen LogP contribution in [0.3, 0.4) is 0 Å². The molecule has 0 aliphatic heterocycles. The maximum absolute atomic E-state index is 13.7. The molecule has 28 heavy (non-hydrogen) atoms. The highest BCUT2D eigenvalue weighted by Crippen LogP contribution is 2.34. The third kappa shape index (κ3) is 4.01. The number of ether oxygens (including phenoxy) is 1. The molecule has 0 aliphatic rings. The van der Waals surface area contributed by atoms with Crippen molar-refractivity contribution in [3.8, 4) is 0 Å². The van der Waals surface area contributed by atoms with Crippen molar-refractivity contribution in [1.82, 2.24) is 9.97 Å². The van der Waals surface area contributed by atoms with Crippen LogP contribution < -0.4 is 0 Å². The van der Waals surface area contributed by atoms with E-state index in [1.807, 2.05) is 19.9 Å². The number of fused-ring (bicyclic) bond motifs is 1. The average molecular weight is 425 g/mol. The van der Waals surface area contributed by atoms with Crippen LogP contribution in [0.4, 0.5) is 8.78 Å². The lowest BCUT2D eigenvalue weighted by Gasteiger charge is -2.12. The topological polar surface area (TPSA) is 37.9 Å². The number of rotatable bonds is 6. The number of hydrogen-bond acceptors (Lipinski definition) is 2. The van der Waals surface area contributed by atoms with Crippen LogP contribution >= 0.6 is 23.2 Å². The normalized spacial score (nSPS) is 11.8. The number of pyridine rings is 1. The highest BCUT2D eigenvalue weighted by atomic mass is 35.5. The molecule has 3 nitrogen and oxygen atoms in total. The lowest BCUT2D eigenvalue weighted by atomic mass is 10.0.